The minimum absolute atomic E-state index is 0.0287. The van der Waals surface area contributed by atoms with Gasteiger partial charge in [0, 0.05) is 12.5 Å². The summed E-state index contributed by atoms with van der Waals surface area (Å²) in [5.41, 5.74) is 1.22. The Morgan fingerprint density at radius 3 is 2.93 bits per heavy atom. The molecule has 0 unspecified atom stereocenters. The van der Waals surface area contributed by atoms with Crippen molar-refractivity contribution in [3.8, 4) is 5.75 Å². The number of aromatic hydroxyl groups is 1. The first-order chi connectivity index (χ1) is 7.00. The molecule has 78 valence electrons. The van der Waals surface area contributed by atoms with Crippen molar-refractivity contribution in [2.45, 2.75) is 6.92 Å². The van der Waals surface area contributed by atoms with Crippen molar-refractivity contribution in [3.63, 3.8) is 0 Å². The van der Waals surface area contributed by atoms with E-state index in [4.69, 9.17) is 21.4 Å². The number of aryl methyl sites for hydroxylation is 1. The molecule has 2 rings (SSSR count). The number of oxazole rings is 1. The van der Waals surface area contributed by atoms with E-state index >= 15 is 0 Å². The lowest BCUT2D eigenvalue weighted by atomic mass is 10.2. The molecule has 0 saturated carbocycles. The van der Waals surface area contributed by atoms with Crippen LogP contribution in [0, 0.1) is 12.3 Å². The van der Waals surface area contributed by atoms with Gasteiger partial charge in [-0.2, -0.15) is 0 Å². The molecule has 0 radical (unpaired) electrons. The molecule has 15 heavy (non-hydrogen) atoms. The first kappa shape index (κ1) is 10.4. The number of phenols is 1. The van der Waals surface area contributed by atoms with E-state index in [0.717, 1.165) is 0 Å². The van der Waals surface area contributed by atoms with E-state index in [0.29, 0.717) is 27.0 Å². The van der Waals surface area contributed by atoms with Crippen LogP contribution in [0.15, 0.2) is 15.0 Å². The number of aromatic nitrogens is 1. The van der Waals surface area contributed by atoms with Crippen molar-refractivity contribution in [1.29, 1.82) is 5.41 Å². The zero-order valence-electron chi connectivity index (χ0n) is 7.64. The molecule has 0 aliphatic rings. The minimum atomic E-state index is -0.184. The highest BCUT2D eigenvalue weighted by Crippen LogP contribution is 2.35. The van der Waals surface area contributed by atoms with Gasteiger partial charge in [-0.3, -0.25) is 5.41 Å². The summed E-state index contributed by atoms with van der Waals surface area (Å²) in [5, 5.41) is 16.7. The Morgan fingerprint density at radius 2 is 2.33 bits per heavy atom. The monoisotopic (exact) mass is 288 g/mol. The van der Waals surface area contributed by atoms with Gasteiger partial charge < -0.3 is 9.52 Å². The van der Waals surface area contributed by atoms with Gasteiger partial charge in [-0.15, -0.1) is 0 Å². The number of fused-ring (bicyclic) bond motifs is 1. The fourth-order valence-electron chi connectivity index (χ4n) is 1.31. The van der Waals surface area contributed by atoms with Gasteiger partial charge in [-0.25, -0.2) is 4.98 Å². The molecule has 1 aromatic carbocycles. The molecular formula is C9H6BrClN2O2. The largest absolute Gasteiger partial charge is 0.507 e. The number of rotatable bonds is 1. The van der Waals surface area contributed by atoms with Gasteiger partial charge in [0.25, 0.3) is 0 Å². The van der Waals surface area contributed by atoms with Crippen LogP contribution in [0.1, 0.15) is 11.5 Å². The van der Waals surface area contributed by atoms with Crippen LogP contribution in [0.25, 0.3) is 11.1 Å². The lowest BCUT2D eigenvalue weighted by Gasteiger charge is -2.01. The Morgan fingerprint density at radius 1 is 1.67 bits per heavy atom. The quantitative estimate of drug-likeness (QED) is 0.792. The number of hydrogen-bond donors (Lipinski definition) is 2. The maximum atomic E-state index is 9.57. The van der Waals surface area contributed by atoms with Gasteiger partial charge in [0.1, 0.15) is 20.9 Å². The second-order valence-electron chi connectivity index (χ2n) is 2.98. The van der Waals surface area contributed by atoms with Crippen LogP contribution in [0.4, 0.5) is 0 Å². The molecule has 0 bridgehead atoms. The first-order valence-corrected chi connectivity index (χ1v) is 5.21. The van der Waals surface area contributed by atoms with Crippen molar-refractivity contribution >= 4 is 43.8 Å². The summed E-state index contributed by atoms with van der Waals surface area (Å²) in [5.74, 6) is 0.425. The number of nitrogens with one attached hydrogen (secondary N) is 1. The third-order valence-corrected chi connectivity index (χ3v) is 2.90. The Hall–Kier alpha value is -1.07. The molecular weight excluding hydrogens is 283 g/mol. The zero-order valence-corrected chi connectivity index (χ0v) is 9.98. The highest BCUT2D eigenvalue weighted by atomic mass is 79.9. The van der Waals surface area contributed by atoms with Gasteiger partial charge >= 0.3 is 0 Å². The van der Waals surface area contributed by atoms with Gasteiger partial charge in [-0.05, 0) is 22.0 Å². The molecule has 2 N–H and O–H groups in total. The molecule has 0 aliphatic heterocycles. The van der Waals surface area contributed by atoms with E-state index in [2.05, 4.69) is 20.9 Å². The van der Waals surface area contributed by atoms with Gasteiger partial charge in [0.05, 0.1) is 0 Å². The van der Waals surface area contributed by atoms with E-state index in [1.165, 1.54) is 6.07 Å². The van der Waals surface area contributed by atoms with Crippen LogP contribution in [0.3, 0.4) is 0 Å². The van der Waals surface area contributed by atoms with Crippen LogP contribution < -0.4 is 0 Å². The van der Waals surface area contributed by atoms with E-state index in [1.54, 1.807) is 6.92 Å². The van der Waals surface area contributed by atoms with Crippen LogP contribution in [-0.2, 0) is 0 Å². The maximum absolute atomic E-state index is 9.57. The van der Waals surface area contributed by atoms with Crippen LogP contribution >= 0.6 is 27.5 Å². The van der Waals surface area contributed by atoms with Crippen molar-refractivity contribution in [2.75, 3.05) is 0 Å². The summed E-state index contributed by atoms with van der Waals surface area (Å²) in [4.78, 5) is 4.10. The normalized spacial score (nSPS) is 10.9. The number of phenolic OH excluding ortho intramolecular Hbond substituents is 1. The van der Waals surface area contributed by atoms with E-state index in [-0.39, 0.29) is 10.9 Å². The molecule has 0 atom stereocenters. The Bertz CT molecular complexity index is 565. The van der Waals surface area contributed by atoms with E-state index < -0.39 is 0 Å². The summed E-state index contributed by atoms with van der Waals surface area (Å²) in [6.07, 6.45) is 0. The van der Waals surface area contributed by atoms with Crippen LogP contribution in [-0.4, -0.2) is 15.3 Å². The number of benzene rings is 1. The van der Waals surface area contributed by atoms with E-state index in [9.17, 15) is 5.11 Å². The SMILES string of the molecule is Cc1nc2c(C(=N)Cl)cc(O)c(Br)c2o1. The summed E-state index contributed by atoms with van der Waals surface area (Å²) in [6.45, 7) is 1.69. The van der Waals surface area contributed by atoms with E-state index in [1.807, 2.05) is 0 Å². The van der Waals surface area contributed by atoms with Crippen LogP contribution in [0.2, 0.25) is 0 Å². The molecule has 1 aromatic heterocycles. The topological polar surface area (TPSA) is 70.1 Å². The fourth-order valence-corrected chi connectivity index (χ4v) is 1.84. The van der Waals surface area contributed by atoms with Crippen molar-refractivity contribution in [3.05, 3.63) is 22.0 Å². The number of nitrogens with zero attached hydrogens (tertiary/aromatic N) is 1. The fraction of sp³-hybridized carbons (Fsp3) is 0.111. The van der Waals surface area contributed by atoms with Crippen LogP contribution in [0.5, 0.6) is 5.75 Å². The molecule has 4 nitrogen and oxygen atoms in total. The standard InChI is InChI=1S/C9H6BrClN2O2/c1-3-13-7-4(9(11)12)2-5(14)6(10)8(7)15-3/h2,12,14H,1H3. The van der Waals surface area contributed by atoms with Crippen molar-refractivity contribution < 1.29 is 9.52 Å². The maximum Gasteiger partial charge on any atom is 0.192 e. The molecule has 0 saturated heterocycles. The lowest BCUT2D eigenvalue weighted by Crippen LogP contribution is -1.91. The predicted octanol–water partition coefficient (Wildman–Crippen LogP) is 3.17. The number of halogens is 2. The average Bonchev–Trinajstić information content (AvgIpc) is 2.53. The molecule has 1 heterocycles. The smallest absolute Gasteiger partial charge is 0.192 e. The lowest BCUT2D eigenvalue weighted by molar-refractivity contribution is 0.470. The molecule has 0 aliphatic carbocycles. The molecule has 6 heteroatoms. The zero-order chi connectivity index (χ0) is 11.2. The molecule has 2 aromatic rings. The summed E-state index contributed by atoms with van der Waals surface area (Å²) in [6, 6.07) is 1.38. The Labute approximate surface area is 98.5 Å². The highest BCUT2D eigenvalue weighted by molar-refractivity contribution is 9.10. The minimum Gasteiger partial charge on any atom is -0.507 e. The summed E-state index contributed by atoms with van der Waals surface area (Å²) < 4.78 is 5.71. The molecule has 0 fully saturated rings. The summed E-state index contributed by atoms with van der Waals surface area (Å²) >= 11 is 8.77. The summed E-state index contributed by atoms with van der Waals surface area (Å²) in [7, 11) is 0. The second-order valence-corrected chi connectivity index (χ2v) is 4.15. The third kappa shape index (κ3) is 1.61. The average molecular weight is 290 g/mol. The van der Waals surface area contributed by atoms with Gasteiger partial charge in [0.2, 0.25) is 0 Å². The Kier molecular flexibility index (Phi) is 2.44. The number of hydrogen-bond acceptors (Lipinski definition) is 4. The second kappa shape index (κ2) is 3.50. The first-order valence-electron chi connectivity index (χ1n) is 4.03. The third-order valence-electron chi connectivity index (χ3n) is 1.93. The van der Waals surface area contributed by atoms with Crippen molar-refractivity contribution in [2.24, 2.45) is 0 Å². The highest BCUT2D eigenvalue weighted by Gasteiger charge is 2.17. The Balaban J connectivity index is 2.93. The molecule has 0 spiro atoms. The van der Waals surface area contributed by atoms with Crippen molar-refractivity contribution in [1.82, 2.24) is 4.98 Å². The molecule has 0 amide bonds. The predicted molar refractivity (Wildman–Crippen MR) is 60.8 cm³/mol. The van der Waals surface area contributed by atoms with Gasteiger partial charge in [-0.1, -0.05) is 11.6 Å². The van der Waals surface area contributed by atoms with Gasteiger partial charge in [0.15, 0.2) is 11.5 Å².